The lowest BCUT2D eigenvalue weighted by molar-refractivity contribution is -0.130. The lowest BCUT2D eigenvalue weighted by Crippen LogP contribution is -2.40. The van der Waals surface area contributed by atoms with Gasteiger partial charge in [-0.2, -0.15) is 11.8 Å². The molecule has 2 atom stereocenters. The average molecular weight is 293 g/mol. The van der Waals surface area contributed by atoms with Crippen LogP contribution in [-0.2, 0) is 11.2 Å². The van der Waals surface area contributed by atoms with Crippen LogP contribution in [0.3, 0.4) is 0 Å². The van der Waals surface area contributed by atoms with Crippen molar-refractivity contribution in [3.05, 3.63) is 23.8 Å². The van der Waals surface area contributed by atoms with Crippen LogP contribution in [0.2, 0.25) is 0 Å². The molecule has 0 radical (unpaired) electrons. The van der Waals surface area contributed by atoms with E-state index in [9.17, 15) is 4.79 Å². The third kappa shape index (κ3) is 2.46. The van der Waals surface area contributed by atoms with Gasteiger partial charge >= 0.3 is 0 Å². The minimum atomic E-state index is 0.227. The van der Waals surface area contributed by atoms with Crippen LogP contribution >= 0.6 is 11.8 Å². The summed E-state index contributed by atoms with van der Waals surface area (Å²) in [5.41, 5.74) is 0.975. The summed E-state index contributed by atoms with van der Waals surface area (Å²) in [7, 11) is 3.22. The Bertz CT molecular complexity index is 520. The van der Waals surface area contributed by atoms with Gasteiger partial charge in [-0.3, -0.25) is 4.79 Å². The molecule has 0 saturated carbocycles. The lowest BCUT2D eigenvalue weighted by Gasteiger charge is -2.26. The Kier molecular flexibility index (Phi) is 3.78. The van der Waals surface area contributed by atoms with E-state index in [0.29, 0.717) is 29.2 Å². The topological polar surface area (TPSA) is 38.8 Å². The first-order valence-corrected chi connectivity index (χ1v) is 7.88. The van der Waals surface area contributed by atoms with Crippen molar-refractivity contribution in [2.45, 2.75) is 24.1 Å². The molecule has 5 heteroatoms. The highest BCUT2D eigenvalue weighted by molar-refractivity contribution is 8.00. The number of hydrogen-bond donors (Lipinski definition) is 0. The standard InChI is InChI=1S/C15H19NO3S/c1-18-13-4-3-10(5-14(13)19-2)6-15(17)16-8-12-7-11(16)9-20-12/h3-5,11-12H,6-9H2,1-2H3. The fourth-order valence-corrected chi connectivity index (χ4v) is 4.41. The number of rotatable bonds is 4. The second-order valence-corrected chi connectivity index (χ2v) is 6.59. The van der Waals surface area contributed by atoms with Crippen LogP contribution in [0.25, 0.3) is 0 Å². The summed E-state index contributed by atoms with van der Waals surface area (Å²) in [6, 6.07) is 6.13. The first-order valence-electron chi connectivity index (χ1n) is 6.83. The number of thioether (sulfide) groups is 1. The molecule has 20 heavy (non-hydrogen) atoms. The molecule has 2 saturated heterocycles. The smallest absolute Gasteiger partial charge is 0.227 e. The van der Waals surface area contributed by atoms with Crippen molar-refractivity contribution in [3.8, 4) is 11.5 Å². The Morgan fingerprint density at radius 3 is 2.75 bits per heavy atom. The maximum atomic E-state index is 12.4. The molecule has 2 heterocycles. The minimum Gasteiger partial charge on any atom is -0.493 e. The maximum Gasteiger partial charge on any atom is 0.227 e. The normalized spacial score (nSPS) is 24.0. The largest absolute Gasteiger partial charge is 0.493 e. The number of amides is 1. The summed E-state index contributed by atoms with van der Waals surface area (Å²) < 4.78 is 10.5. The molecular weight excluding hydrogens is 274 g/mol. The van der Waals surface area contributed by atoms with Crippen molar-refractivity contribution in [2.24, 2.45) is 0 Å². The number of ether oxygens (including phenoxy) is 2. The molecule has 2 aliphatic rings. The highest BCUT2D eigenvalue weighted by atomic mass is 32.2. The van der Waals surface area contributed by atoms with Crippen LogP contribution in [0.5, 0.6) is 11.5 Å². The SMILES string of the molecule is COc1ccc(CC(=O)N2CC3CC2CS3)cc1OC. The van der Waals surface area contributed by atoms with E-state index in [1.165, 1.54) is 6.42 Å². The van der Waals surface area contributed by atoms with Crippen LogP contribution in [0.1, 0.15) is 12.0 Å². The molecule has 108 valence electrons. The fraction of sp³-hybridized carbons (Fsp3) is 0.533. The molecular formula is C15H19NO3S. The zero-order chi connectivity index (χ0) is 14.1. The van der Waals surface area contributed by atoms with E-state index in [1.54, 1.807) is 14.2 Å². The molecule has 0 spiro atoms. The summed E-state index contributed by atoms with van der Waals surface area (Å²) in [6.07, 6.45) is 1.61. The summed E-state index contributed by atoms with van der Waals surface area (Å²) in [5.74, 6) is 2.70. The second-order valence-electron chi connectivity index (χ2n) is 5.26. The minimum absolute atomic E-state index is 0.227. The first-order chi connectivity index (χ1) is 9.71. The van der Waals surface area contributed by atoms with Gasteiger partial charge < -0.3 is 14.4 Å². The molecule has 0 aromatic heterocycles. The van der Waals surface area contributed by atoms with Gasteiger partial charge in [-0.05, 0) is 24.1 Å². The molecule has 2 bridgehead atoms. The first kappa shape index (κ1) is 13.6. The molecule has 2 aliphatic heterocycles. The van der Waals surface area contributed by atoms with Crippen molar-refractivity contribution in [3.63, 3.8) is 0 Å². The summed E-state index contributed by atoms with van der Waals surface area (Å²) in [4.78, 5) is 14.5. The molecule has 0 aliphatic carbocycles. The van der Waals surface area contributed by atoms with Crippen LogP contribution in [0.4, 0.5) is 0 Å². The van der Waals surface area contributed by atoms with Gasteiger partial charge in [0.15, 0.2) is 11.5 Å². The number of methoxy groups -OCH3 is 2. The lowest BCUT2D eigenvalue weighted by atomic mass is 10.1. The van der Waals surface area contributed by atoms with E-state index >= 15 is 0 Å². The molecule has 2 fully saturated rings. The van der Waals surface area contributed by atoms with Gasteiger partial charge in [0.05, 0.1) is 20.6 Å². The van der Waals surface area contributed by atoms with Crippen molar-refractivity contribution >= 4 is 17.7 Å². The van der Waals surface area contributed by atoms with E-state index in [1.807, 2.05) is 30.0 Å². The van der Waals surface area contributed by atoms with Crippen molar-refractivity contribution < 1.29 is 14.3 Å². The number of carbonyl (C=O) groups excluding carboxylic acids is 1. The number of hydrogen-bond acceptors (Lipinski definition) is 4. The van der Waals surface area contributed by atoms with Gasteiger partial charge in [0.2, 0.25) is 5.91 Å². The highest BCUT2D eigenvalue weighted by Crippen LogP contribution is 2.37. The quantitative estimate of drug-likeness (QED) is 0.851. The van der Waals surface area contributed by atoms with Gasteiger partial charge in [0, 0.05) is 23.6 Å². The third-order valence-electron chi connectivity index (χ3n) is 4.02. The number of carbonyl (C=O) groups is 1. The molecule has 1 amide bonds. The zero-order valence-corrected chi connectivity index (χ0v) is 12.6. The van der Waals surface area contributed by atoms with Crippen molar-refractivity contribution in [1.29, 1.82) is 0 Å². The van der Waals surface area contributed by atoms with Crippen LogP contribution in [0, 0.1) is 0 Å². The van der Waals surface area contributed by atoms with E-state index in [4.69, 9.17) is 9.47 Å². The predicted molar refractivity (Wildman–Crippen MR) is 79.6 cm³/mol. The number of benzene rings is 1. The molecule has 3 rings (SSSR count). The van der Waals surface area contributed by atoms with E-state index in [2.05, 4.69) is 4.90 Å². The van der Waals surface area contributed by atoms with Crippen molar-refractivity contribution in [2.75, 3.05) is 26.5 Å². The summed E-state index contributed by atoms with van der Waals surface area (Å²) in [5, 5.41) is 0.661. The second kappa shape index (κ2) is 5.56. The number of fused-ring (bicyclic) bond motifs is 2. The average Bonchev–Trinajstić information content (AvgIpc) is 3.09. The number of likely N-dealkylation sites (tertiary alicyclic amines) is 1. The zero-order valence-electron chi connectivity index (χ0n) is 11.8. The predicted octanol–water partition coefficient (Wildman–Crippen LogP) is 1.96. The highest BCUT2D eigenvalue weighted by Gasteiger charge is 2.40. The van der Waals surface area contributed by atoms with Gasteiger partial charge in [0.25, 0.3) is 0 Å². The van der Waals surface area contributed by atoms with Gasteiger partial charge in [-0.25, -0.2) is 0 Å². The Balaban J connectivity index is 1.70. The molecule has 1 aromatic carbocycles. The third-order valence-corrected chi connectivity index (χ3v) is 5.41. The van der Waals surface area contributed by atoms with Gasteiger partial charge in [-0.1, -0.05) is 6.07 Å². The molecule has 4 nitrogen and oxygen atoms in total. The molecule has 1 aromatic rings. The molecule has 2 unspecified atom stereocenters. The maximum absolute atomic E-state index is 12.4. The van der Waals surface area contributed by atoms with E-state index < -0.39 is 0 Å². The monoisotopic (exact) mass is 293 g/mol. The van der Waals surface area contributed by atoms with E-state index in [-0.39, 0.29) is 5.91 Å². The number of nitrogens with zero attached hydrogens (tertiary/aromatic N) is 1. The fourth-order valence-electron chi connectivity index (χ4n) is 2.97. The Hall–Kier alpha value is -1.36. The van der Waals surface area contributed by atoms with Crippen LogP contribution in [0.15, 0.2) is 18.2 Å². The van der Waals surface area contributed by atoms with Gasteiger partial charge in [0.1, 0.15) is 0 Å². The van der Waals surface area contributed by atoms with Gasteiger partial charge in [-0.15, -0.1) is 0 Å². The Morgan fingerprint density at radius 2 is 2.15 bits per heavy atom. The van der Waals surface area contributed by atoms with E-state index in [0.717, 1.165) is 17.9 Å². The van der Waals surface area contributed by atoms with Crippen LogP contribution < -0.4 is 9.47 Å². The summed E-state index contributed by atoms with van der Waals surface area (Å²) >= 11 is 2.00. The molecule has 0 N–H and O–H groups in total. The Labute approximate surface area is 123 Å². The van der Waals surface area contributed by atoms with Crippen LogP contribution in [-0.4, -0.2) is 48.6 Å². The summed E-state index contributed by atoms with van der Waals surface area (Å²) in [6.45, 7) is 0.918. The Morgan fingerprint density at radius 1 is 1.35 bits per heavy atom. The van der Waals surface area contributed by atoms with Crippen molar-refractivity contribution in [1.82, 2.24) is 4.90 Å².